The summed E-state index contributed by atoms with van der Waals surface area (Å²) in [6, 6.07) is 5.05. The number of hydrogen-bond donors (Lipinski definition) is 1. The minimum atomic E-state index is -0.488. The van der Waals surface area contributed by atoms with Gasteiger partial charge in [0.05, 0.1) is 16.7 Å². The van der Waals surface area contributed by atoms with Crippen LogP contribution in [0.5, 0.6) is 0 Å². The first-order valence-corrected chi connectivity index (χ1v) is 8.33. The number of anilines is 2. The minimum absolute atomic E-state index is 0.255. The van der Waals surface area contributed by atoms with Crippen molar-refractivity contribution in [3.63, 3.8) is 0 Å². The van der Waals surface area contributed by atoms with E-state index in [2.05, 4.69) is 15.3 Å². The molecule has 0 saturated carbocycles. The van der Waals surface area contributed by atoms with Crippen molar-refractivity contribution in [1.82, 2.24) is 9.97 Å². The molecule has 0 radical (unpaired) electrons. The molecule has 1 aromatic carbocycles. The highest BCUT2D eigenvalue weighted by molar-refractivity contribution is 7.98. The zero-order chi connectivity index (χ0) is 16.1. The molecule has 2 rings (SSSR count). The van der Waals surface area contributed by atoms with Gasteiger partial charge in [0, 0.05) is 11.9 Å². The van der Waals surface area contributed by atoms with Gasteiger partial charge in [-0.05, 0) is 31.4 Å². The maximum atomic E-state index is 12.0. The van der Waals surface area contributed by atoms with Gasteiger partial charge in [-0.3, -0.25) is 0 Å². The molecule has 0 saturated heterocycles. The predicted octanol–water partition coefficient (Wildman–Crippen LogP) is 4.43. The van der Waals surface area contributed by atoms with Crippen LogP contribution in [0.25, 0.3) is 0 Å². The normalized spacial score (nSPS) is 10.4. The van der Waals surface area contributed by atoms with Crippen molar-refractivity contribution in [2.75, 3.05) is 18.2 Å². The molecule has 0 aliphatic rings. The summed E-state index contributed by atoms with van der Waals surface area (Å²) >= 11 is 13.3. The molecule has 0 aliphatic heterocycles. The Hall–Kier alpha value is -1.50. The lowest BCUT2D eigenvalue weighted by Gasteiger charge is -2.11. The van der Waals surface area contributed by atoms with Gasteiger partial charge in [-0.25, -0.2) is 14.8 Å². The van der Waals surface area contributed by atoms with Crippen molar-refractivity contribution < 1.29 is 9.53 Å². The second kappa shape index (κ2) is 7.67. The fourth-order valence-corrected chi connectivity index (χ4v) is 2.27. The summed E-state index contributed by atoms with van der Waals surface area (Å²) in [5.74, 6) is -0.131. The first-order valence-electron chi connectivity index (χ1n) is 6.35. The topological polar surface area (TPSA) is 64.1 Å². The van der Waals surface area contributed by atoms with Gasteiger partial charge in [0.25, 0.3) is 0 Å². The van der Waals surface area contributed by atoms with E-state index in [0.29, 0.717) is 26.7 Å². The van der Waals surface area contributed by atoms with Crippen molar-refractivity contribution in [3.05, 3.63) is 40.0 Å². The maximum absolute atomic E-state index is 12.0. The van der Waals surface area contributed by atoms with E-state index in [-0.39, 0.29) is 12.2 Å². The Morgan fingerprint density at radius 3 is 2.77 bits per heavy atom. The predicted molar refractivity (Wildman–Crippen MR) is 89.5 cm³/mol. The van der Waals surface area contributed by atoms with Crippen LogP contribution in [0.1, 0.15) is 17.3 Å². The van der Waals surface area contributed by atoms with E-state index in [1.807, 2.05) is 6.26 Å². The maximum Gasteiger partial charge on any atom is 0.343 e. The molecule has 0 atom stereocenters. The highest BCUT2D eigenvalue weighted by atomic mass is 35.5. The number of halogens is 2. The van der Waals surface area contributed by atoms with Gasteiger partial charge >= 0.3 is 5.97 Å². The number of rotatable bonds is 5. The number of esters is 1. The van der Waals surface area contributed by atoms with E-state index in [9.17, 15) is 4.79 Å². The molecule has 0 fully saturated rings. The number of thioether (sulfide) groups is 1. The van der Waals surface area contributed by atoms with E-state index >= 15 is 0 Å². The number of carbonyl (C=O) groups is 1. The van der Waals surface area contributed by atoms with E-state index in [4.69, 9.17) is 27.9 Å². The van der Waals surface area contributed by atoms with Gasteiger partial charge in [-0.15, -0.1) is 0 Å². The Bertz CT molecular complexity index is 698. The zero-order valence-electron chi connectivity index (χ0n) is 11.9. The molecule has 1 N–H and O–H groups in total. The summed E-state index contributed by atoms with van der Waals surface area (Å²) in [5.41, 5.74) is 0.913. The molecular weight excluding hydrogens is 345 g/mol. The van der Waals surface area contributed by atoms with Gasteiger partial charge in [0.1, 0.15) is 11.4 Å². The molecule has 0 amide bonds. The van der Waals surface area contributed by atoms with Crippen LogP contribution < -0.4 is 5.32 Å². The SMILES string of the molecule is CCOC(=O)c1cnc(SC)nc1Nc1ccc(Cl)c(Cl)c1. The second-order valence-electron chi connectivity index (χ2n) is 4.09. The lowest BCUT2D eigenvalue weighted by molar-refractivity contribution is 0.0526. The van der Waals surface area contributed by atoms with Gasteiger partial charge in [-0.1, -0.05) is 35.0 Å². The third-order valence-corrected chi connectivity index (χ3v) is 3.93. The number of hydrogen-bond acceptors (Lipinski definition) is 6. The zero-order valence-corrected chi connectivity index (χ0v) is 14.2. The molecule has 1 aromatic heterocycles. The number of nitrogens with one attached hydrogen (secondary N) is 1. The second-order valence-corrected chi connectivity index (χ2v) is 5.68. The van der Waals surface area contributed by atoms with Crippen LogP contribution in [-0.2, 0) is 4.74 Å². The molecule has 2 aromatic rings. The Morgan fingerprint density at radius 2 is 2.14 bits per heavy atom. The van der Waals surface area contributed by atoms with Crippen molar-refractivity contribution in [2.45, 2.75) is 12.1 Å². The first kappa shape index (κ1) is 16.9. The molecule has 116 valence electrons. The van der Waals surface area contributed by atoms with Crippen molar-refractivity contribution in [1.29, 1.82) is 0 Å². The first-order chi connectivity index (χ1) is 10.5. The van der Waals surface area contributed by atoms with Gasteiger partial charge < -0.3 is 10.1 Å². The van der Waals surface area contributed by atoms with Crippen LogP contribution in [0.15, 0.2) is 29.6 Å². The molecule has 8 heteroatoms. The van der Waals surface area contributed by atoms with Crippen LogP contribution in [-0.4, -0.2) is 28.8 Å². The van der Waals surface area contributed by atoms with Crippen LogP contribution in [0.4, 0.5) is 11.5 Å². The summed E-state index contributed by atoms with van der Waals surface area (Å²) in [4.78, 5) is 20.4. The number of aromatic nitrogens is 2. The van der Waals surface area contributed by atoms with E-state index in [0.717, 1.165) is 0 Å². The third-order valence-electron chi connectivity index (χ3n) is 2.63. The van der Waals surface area contributed by atoms with Gasteiger partial charge in [0.2, 0.25) is 0 Å². The average Bonchev–Trinajstić information content (AvgIpc) is 2.51. The molecule has 0 unspecified atom stereocenters. The molecule has 1 heterocycles. The van der Waals surface area contributed by atoms with E-state index in [1.165, 1.54) is 18.0 Å². The summed E-state index contributed by atoms with van der Waals surface area (Å²) in [6.07, 6.45) is 3.29. The van der Waals surface area contributed by atoms with Crippen LogP contribution in [0.3, 0.4) is 0 Å². The Kier molecular flexibility index (Phi) is 5.88. The van der Waals surface area contributed by atoms with Crippen molar-refractivity contribution >= 4 is 52.4 Å². The molecular formula is C14H13Cl2N3O2S. The standard InChI is InChI=1S/C14H13Cl2N3O2S/c1-3-21-13(20)9-7-17-14(22-2)19-12(9)18-8-4-5-10(15)11(16)6-8/h4-7H,3H2,1-2H3,(H,17,18,19). The van der Waals surface area contributed by atoms with Crippen molar-refractivity contribution in [3.8, 4) is 0 Å². The molecule has 22 heavy (non-hydrogen) atoms. The third kappa shape index (κ3) is 4.03. The van der Waals surface area contributed by atoms with Crippen molar-refractivity contribution in [2.24, 2.45) is 0 Å². The molecule has 0 bridgehead atoms. The summed E-state index contributed by atoms with van der Waals surface area (Å²) in [7, 11) is 0. The lowest BCUT2D eigenvalue weighted by Crippen LogP contribution is -2.10. The van der Waals surface area contributed by atoms with Crippen LogP contribution in [0.2, 0.25) is 10.0 Å². The molecule has 0 aliphatic carbocycles. The summed E-state index contributed by atoms with van der Waals surface area (Å²) in [5, 5.41) is 4.44. The van der Waals surface area contributed by atoms with E-state index < -0.39 is 5.97 Å². The Morgan fingerprint density at radius 1 is 1.36 bits per heavy atom. The number of carbonyl (C=O) groups excluding carboxylic acids is 1. The lowest BCUT2D eigenvalue weighted by atomic mass is 10.2. The van der Waals surface area contributed by atoms with Crippen LogP contribution in [0, 0.1) is 0 Å². The number of nitrogens with zero attached hydrogens (tertiary/aromatic N) is 2. The number of benzene rings is 1. The fraction of sp³-hybridized carbons (Fsp3) is 0.214. The minimum Gasteiger partial charge on any atom is -0.462 e. The van der Waals surface area contributed by atoms with Crippen LogP contribution >= 0.6 is 35.0 Å². The summed E-state index contributed by atoms with van der Waals surface area (Å²) in [6.45, 7) is 2.01. The van der Waals surface area contributed by atoms with Gasteiger partial charge in [0.15, 0.2) is 5.16 Å². The van der Waals surface area contributed by atoms with Gasteiger partial charge in [-0.2, -0.15) is 0 Å². The Balaban J connectivity index is 2.38. The highest BCUT2D eigenvalue weighted by Crippen LogP contribution is 2.28. The molecule has 0 spiro atoms. The quantitative estimate of drug-likeness (QED) is 0.485. The number of ether oxygens (including phenoxy) is 1. The fourth-order valence-electron chi connectivity index (χ4n) is 1.63. The Labute approximate surface area is 142 Å². The smallest absolute Gasteiger partial charge is 0.343 e. The summed E-state index contributed by atoms with van der Waals surface area (Å²) < 4.78 is 5.01. The monoisotopic (exact) mass is 357 g/mol. The average molecular weight is 358 g/mol. The molecule has 5 nitrogen and oxygen atoms in total. The van der Waals surface area contributed by atoms with E-state index in [1.54, 1.807) is 25.1 Å². The highest BCUT2D eigenvalue weighted by Gasteiger charge is 2.16. The largest absolute Gasteiger partial charge is 0.462 e.